The van der Waals surface area contributed by atoms with Crippen molar-refractivity contribution < 1.29 is 4.92 Å². The molecule has 0 aliphatic carbocycles. The number of nitrogens with one attached hydrogen (secondary N) is 1. The third kappa shape index (κ3) is 3.02. The smallest absolute Gasteiger partial charge is 0.332 e. The summed E-state index contributed by atoms with van der Waals surface area (Å²) in [5.74, 6) is 0.750. The van der Waals surface area contributed by atoms with Gasteiger partial charge in [0, 0.05) is 20.6 Å². The first kappa shape index (κ1) is 13.1. The van der Waals surface area contributed by atoms with Gasteiger partial charge >= 0.3 is 5.69 Å². The number of aryl methyl sites for hydroxylation is 1. The molecule has 17 heavy (non-hydrogen) atoms. The molecular formula is C10H17N5O2. The molecule has 0 amide bonds. The van der Waals surface area contributed by atoms with E-state index < -0.39 is 4.92 Å². The number of nitrogens with zero attached hydrogens (tertiary/aromatic N) is 4. The molecule has 0 radical (unpaired) electrons. The van der Waals surface area contributed by atoms with Crippen molar-refractivity contribution in [1.82, 2.24) is 9.97 Å². The zero-order valence-electron chi connectivity index (χ0n) is 10.5. The van der Waals surface area contributed by atoms with Crippen LogP contribution in [0, 0.1) is 17.0 Å². The summed E-state index contributed by atoms with van der Waals surface area (Å²) in [6.07, 6.45) is 0.941. The predicted octanol–water partition coefficient (Wildman–Crippen LogP) is 1.58. The molecule has 1 aromatic rings. The molecule has 7 nitrogen and oxygen atoms in total. The van der Waals surface area contributed by atoms with Crippen LogP contribution in [0.2, 0.25) is 0 Å². The highest BCUT2D eigenvalue weighted by molar-refractivity contribution is 5.61. The van der Waals surface area contributed by atoms with Crippen molar-refractivity contribution in [1.29, 1.82) is 0 Å². The minimum absolute atomic E-state index is 0.0444. The van der Waals surface area contributed by atoms with E-state index in [1.54, 1.807) is 25.9 Å². The van der Waals surface area contributed by atoms with Crippen molar-refractivity contribution in [3.63, 3.8) is 0 Å². The van der Waals surface area contributed by atoms with E-state index in [2.05, 4.69) is 15.3 Å². The van der Waals surface area contributed by atoms with E-state index in [4.69, 9.17) is 0 Å². The summed E-state index contributed by atoms with van der Waals surface area (Å²) in [6, 6.07) is 0. The Kier molecular flexibility index (Phi) is 4.19. The lowest BCUT2D eigenvalue weighted by Crippen LogP contribution is -2.16. The van der Waals surface area contributed by atoms with Crippen molar-refractivity contribution in [3.05, 3.63) is 15.8 Å². The number of anilines is 2. The molecule has 1 heterocycles. The molecule has 0 bridgehead atoms. The van der Waals surface area contributed by atoms with E-state index in [9.17, 15) is 10.1 Å². The zero-order valence-corrected chi connectivity index (χ0v) is 10.5. The number of hydrogen-bond acceptors (Lipinski definition) is 6. The second-order valence-corrected chi connectivity index (χ2v) is 3.88. The van der Waals surface area contributed by atoms with Crippen molar-refractivity contribution in [2.24, 2.45) is 0 Å². The zero-order chi connectivity index (χ0) is 13.0. The van der Waals surface area contributed by atoms with Gasteiger partial charge in [-0.05, 0) is 13.3 Å². The fourth-order valence-corrected chi connectivity index (χ4v) is 1.39. The van der Waals surface area contributed by atoms with Crippen LogP contribution < -0.4 is 10.2 Å². The second kappa shape index (κ2) is 5.42. The van der Waals surface area contributed by atoms with Gasteiger partial charge in [0.1, 0.15) is 5.69 Å². The minimum Gasteiger partial charge on any atom is -0.357 e. The fourth-order valence-electron chi connectivity index (χ4n) is 1.39. The molecule has 0 saturated heterocycles. The third-order valence-corrected chi connectivity index (χ3v) is 2.18. The van der Waals surface area contributed by atoms with Crippen LogP contribution in [0.3, 0.4) is 0 Å². The fraction of sp³-hybridized carbons (Fsp3) is 0.600. The highest BCUT2D eigenvalue weighted by atomic mass is 16.6. The lowest BCUT2D eigenvalue weighted by molar-refractivity contribution is -0.385. The van der Waals surface area contributed by atoms with Gasteiger partial charge in [-0.3, -0.25) is 10.1 Å². The van der Waals surface area contributed by atoms with Crippen LogP contribution in [-0.4, -0.2) is 35.5 Å². The second-order valence-electron chi connectivity index (χ2n) is 3.88. The molecule has 1 aromatic heterocycles. The van der Waals surface area contributed by atoms with E-state index in [0.29, 0.717) is 17.5 Å². The first-order chi connectivity index (χ1) is 7.97. The first-order valence-electron chi connectivity index (χ1n) is 5.41. The topological polar surface area (TPSA) is 84.2 Å². The SMILES string of the molecule is CCCNc1nc(C)c([N+](=O)[O-])c(N(C)C)n1. The van der Waals surface area contributed by atoms with Crippen LogP contribution >= 0.6 is 0 Å². The van der Waals surface area contributed by atoms with Gasteiger partial charge in [0.2, 0.25) is 11.8 Å². The van der Waals surface area contributed by atoms with Gasteiger partial charge in [-0.25, -0.2) is 4.98 Å². The molecule has 7 heteroatoms. The molecule has 0 aliphatic rings. The maximum atomic E-state index is 11.0. The van der Waals surface area contributed by atoms with E-state index in [1.807, 2.05) is 6.92 Å². The molecule has 1 rings (SSSR count). The predicted molar refractivity (Wildman–Crippen MR) is 66.5 cm³/mol. The van der Waals surface area contributed by atoms with Gasteiger partial charge in [0.25, 0.3) is 0 Å². The van der Waals surface area contributed by atoms with Gasteiger partial charge in [0.15, 0.2) is 0 Å². The summed E-state index contributed by atoms with van der Waals surface area (Å²) in [4.78, 5) is 20.4. The van der Waals surface area contributed by atoms with Gasteiger partial charge in [-0.2, -0.15) is 4.98 Å². The summed E-state index contributed by atoms with van der Waals surface area (Å²) in [5, 5.41) is 14.0. The molecule has 0 atom stereocenters. The molecule has 0 spiro atoms. The van der Waals surface area contributed by atoms with Crippen LogP contribution in [-0.2, 0) is 0 Å². The summed E-state index contributed by atoms with van der Waals surface area (Å²) in [7, 11) is 3.44. The molecular weight excluding hydrogens is 222 g/mol. The molecule has 0 unspecified atom stereocenters. The lowest BCUT2D eigenvalue weighted by atomic mass is 10.3. The third-order valence-electron chi connectivity index (χ3n) is 2.18. The summed E-state index contributed by atoms with van der Waals surface area (Å²) in [6.45, 7) is 4.38. The summed E-state index contributed by atoms with van der Waals surface area (Å²) >= 11 is 0. The Morgan fingerprint density at radius 3 is 2.53 bits per heavy atom. The van der Waals surface area contributed by atoms with Crippen molar-refractivity contribution in [2.75, 3.05) is 30.9 Å². The Morgan fingerprint density at radius 2 is 2.06 bits per heavy atom. The lowest BCUT2D eigenvalue weighted by Gasteiger charge is -2.14. The number of nitro groups is 1. The summed E-state index contributed by atoms with van der Waals surface area (Å²) in [5.41, 5.74) is 0.323. The average molecular weight is 239 g/mol. The number of rotatable bonds is 5. The standard InChI is InChI=1S/C10H17N5O2/c1-5-6-11-10-12-7(2)8(15(16)17)9(13-10)14(3)4/h5-6H2,1-4H3,(H,11,12,13). The highest BCUT2D eigenvalue weighted by Crippen LogP contribution is 2.28. The Bertz CT molecular complexity index is 419. The van der Waals surface area contributed by atoms with Crippen LogP contribution in [0.5, 0.6) is 0 Å². The van der Waals surface area contributed by atoms with E-state index in [0.717, 1.165) is 13.0 Å². The van der Waals surface area contributed by atoms with E-state index in [1.165, 1.54) is 0 Å². The van der Waals surface area contributed by atoms with Crippen LogP contribution in [0.1, 0.15) is 19.0 Å². The molecule has 1 N–H and O–H groups in total. The Labute approximate surface area is 100 Å². The van der Waals surface area contributed by atoms with Crippen molar-refractivity contribution >= 4 is 17.5 Å². The van der Waals surface area contributed by atoms with Gasteiger partial charge in [0.05, 0.1) is 4.92 Å². The molecule has 0 aromatic carbocycles. The highest BCUT2D eigenvalue weighted by Gasteiger charge is 2.23. The van der Waals surface area contributed by atoms with Crippen LogP contribution in [0.25, 0.3) is 0 Å². The molecule has 94 valence electrons. The normalized spacial score (nSPS) is 10.1. The maximum Gasteiger partial charge on any atom is 0.332 e. The van der Waals surface area contributed by atoms with E-state index >= 15 is 0 Å². The van der Waals surface area contributed by atoms with E-state index in [-0.39, 0.29) is 5.69 Å². The largest absolute Gasteiger partial charge is 0.357 e. The minimum atomic E-state index is -0.450. The quantitative estimate of drug-likeness (QED) is 0.620. The van der Waals surface area contributed by atoms with Crippen molar-refractivity contribution in [3.8, 4) is 0 Å². The average Bonchev–Trinajstić information content (AvgIpc) is 2.24. The Morgan fingerprint density at radius 1 is 1.41 bits per heavy atom. The molecule has 0 fully saturated rings. The van der Waals surface area contributed by atoms with Gasteiger partial charge in [-0.1, -0.05) is 6.92 Å². The van der Waals surface area contributed by atoms with Crippen molar-refractivity contribution in [2.45, 2.75) is 20.3 Å². The van der Waals surface area contributed by atoms with Gasteiger partial charge in [-0.15, -0.1) is 0 Å². The Hall–Kier alpha value is -1.92. The maximum absolute atomic E-state index is 11.0. The first-order valence-corrected chi connectivity index (χ1v) is 5.41. The van der Waals surface area contributed by atoms with Gasteiger partial charge < -0.3 is 10.2 Å². The monoisotopic (exact) mass is 239 g/mol. The Balaban J connectivity index is 3.21. The van der Waals surface area contributed by atoms with Crippen LogP contribution in [0.4, 0.5) is 17.5 Å². The molecule has 0 aliphatic heterocycles. The van der Waals surface area contributed by atoms with Crippen LogP contribution in [0.15, 0.2) is 0 Å². The number of aromatic nitrogens is 2. The number of hydrogen-bond donors (Lipinski definition) is 1. The molecule has 0 saturated carbocycles. The summed E-state index contributed by atoms with van der Waals surface area (Å²) < 4.78 is 0.